The first-order valence-electron chi connectivity index (χ1n) is 8.66. The van der Waals surface area contributed by atoms with E-state index in [2.05, 4.69) is 10.4 Å². The van der Waals surface area contributed by atoms with Crippen LogP contribution < -0.4 is 11.1 Å². The van der Waals surface area contributed by atoms with Gasteiger partial charge in [0.1, 0.15) is 5.82 Å². The highest BCUT2D eigenvalue weighted by atomic mass is 16.5. The molecule has 136 valence electrons. The van der Waals surface area contributed by atoms with E-state index in [1.165, 1.54) is 11.8 Å². The fourth-order valence-corrected chi connectivity index (χ4v) is 3.74. The van der Waals surface area contributed by atoms with Gasteiger partial charge < -0.3 is 20.7 Å². The number of nitrogens with one attached hydrogen (secondary N) is 1. The Hall–Kier alpha value is -3.03. The molecule has 26 heavy (non-hydrogen) atoms. The monoisotopic (exact) mass is 355 g/mol. The maximum absolute atomic E-state index is 13.2. The Balaban J connectivity index is 1.65. The zero-order chi connectivity index (χ0) is 18.3. The molecule has 1 atom stereocenters. The van der Waals surface area contributed by atoms with E-state index >= 15 is 0 Å². The van der Waals surface area contributed by atoms with Crippen molar-refractivity contribution >= 4 is 23.5 Å². The highest BCUT2D eigenvalue weighted by Gasteiger charge is 2.32. The van der Waals surface area contributed by atoms with Crippen LogP contribution in [0.15, 0.2) is 24.3 Å². The molecule has 0 fully saturated rings. The highest BCUT2D eigenvalue weighted by Crippen LogP contribution is 2.34. The van der Waals surface area contributed by atoms with Gasteiger partial charge in [-0.3, -0.25) is 4.79 Å². The minimum Gasteiger partial charge on any atom is -0.453 e. The van der Waals surface area contributed by atoms with Crippen LogP contribution >= 0.6 is 0 Å². The number of hydrogen-bond acceptors (Lipinski definition) is 6. The standard InChI is InChI=1S/C18H21N5O3/c1-26-18(25)22-9-7-13-15(10-22)21-23(16(13)19)17(24)12-6-8-20-14-5-3-2-4-11(12)14/h2-5,12,20H,6-10,19H2,1H3. The average Bonchev–Trinajstić information content (AvgIpc) is 3.02. The van der Waals surface area contributed by atoms with Gasteiger partial charge in [-0.2, -0.15) is 9.78 Å². The first-order chi connectivity index (χ1) is 12.6. The van der Waals surface area contributed by atoms with Crippen molar-refractivity contribution in [2.24, 2.45) is 0 Å². The average molecular weight is 355 g/mol. The number of nitrogens with two attached hydrogens (primary N) is 1. The summed E-state index contributed by atoms with van der Waals surface area (Å²) in [6.07, 6.45) is 0.850. The quantitative estimate of drug-likeness (QED) is 0.809. The maximum Gasteiger partial charge on any atom is 0.409 e. The molecular weight excluding hydrogens is 334 g/mol. The molecule has 0 saturated carbocycles. The SMILES string of the molecule is COC(=O)N1CCc2c(nn(C(=O)C3CCNc4ccccc43)c2N)C1. The van der Waals surface area contributed by atoms with Gasteiger partial charge in [0.05, 0.1) is 25.3 Å². The topological polar surface area (TPSA) is 102 Å². The number of carbonyl (C=O) groups is 2. The lowest BCUT2D eigenvalue weighted by molar-refractivity contribution is 0.0858. The van der Waals surface area contributed by atoms with Crippen molar-refractivity contribution < 1.29 is 14.3 Å². The molecule has 3 heterocycles. The van der Waals surface area contributed by atoms with Crippen molar-refractivity contribution in [3.63, 3.8) is 0 Å². The van der Waals surface area contributed by atoms with E-state index < -0.39 is 6.09 Å². The van der Waals surface area contributed by atoms with Gasteiger partial charge in [0.15, 0.2) is 0 Å². The third kappa shape index (κ3) is 2.58. The van der Waals surface area contributed by atoms with E-state index in [-0.39, 0.29) is 11.8 Å². The van der Waals surface area contributed by atoms with Gasteiger partial charge in [-0.05, 0) is 24.5 Å². The van der Waals surface area contributed by atoms with Gasteiger partial charge in [-0.1, -0.05) is 18.2 Å². The van der Waals surface area contributed by atoms with Crippen LogP contribution in [0.5, 0.6) is 0 Å². The number of carbonyl (C=O) groups excluding carboxylic acids is 2. The second kappa shape index (κ2) is 6.36. The number of methoxy groups -OCH3 is 1. The molecular formula is C18H21N5O3. The summed E-state index contributed by atoms with van der Waals surface area (Å²) in [5, 5.41) is 7.75. The summed E-state index contributed by atoms with van der Waals surface area (Å²) in [5.41, 5.74) is 9.69. The fraction of sp³-hybridized carbons (Fsp3) is 0.389. The second-order valence-electron chi connectivity index (χ2n) is 6.56. The van der Waals surface area contributed by atoms with E-state index in [0.29, 0.717) is 37.4 Å². The molecule has 0 spiro atoms. The van der Waals surface area contributed by atoms with Crippen molar-refractivity contribution in [1.29, 1.82) is 0 Å². The number of hydrogen-bond donors (Lipinski definition) is 2. The van der Waals surface area contributed by atoms with Gasteiger partial charge in [0.25, 0.3) is 5.91 Å². The summed E-state index contributed by atoms with van der Waals surface area (Å²) in [6, 6.07) is 7.81. The molecule has 4 rings (SSSR count). The number of anilines is 2. The zero-order valence-corrected chi connectivity index (χ0v) is 14.6. The zero-order valence-electron chi connectivity index (χ0n) is 14.6. The van der Waals surface area contributed by atoms with E-state index in [0.717, 1.165) is 23.4 Å². The predicted octanol–water partition coefficient (Wildman–Crippen LogP) is 1.83. The summed E-state index contributed by atoms with van der Waals surface area (Å²) in [4.78, 5) is 26.5. The largest absolute Gasteiger partial charge is 0.453 e. The Labute approximate surface area is 150 Å². The lowest BCUT2D eigenvalue weighted by Crippen LogP contribution is -2.35. The van der Waals surface area contributed by atoms with Crippen LogP contribution in [0.25, 0.3) is 0 Å². The van der Waals surface area contributed by atoms with Crippen LogP contribution in [-0.4, -0.2) is 46.9 Å². The predicted molar refractivity (Wildman–Crippen MR) is 96.1 cm³/mol. The number of nitrogen functional groups attached to an aromatic ring is 1. The van der Waals surface area contributed by atoms with Crippen LogP contribution in [0.1, 0.15) is 34.0 Å². The molecule has 8 heteroatoms. The number of aromatic nitrogens is 2. The number of amides is 1. The molecule has 1 amide bonds. The first-order valence-corrected chi connectivity index (χ1v) is 8.66. The normalized spacial score (nSPS) is 18.5. The molecule has 1 unspecified atom stereocenters. The molecule has 2 aliphatic heterocycles. The van der Waals surface area contributed by atoms with Crippen LogP contribution in [0.2, 0.25) is 0 Å². The molecule has 8 nitrogen and oxygen atoms in total. The number of para-hydroxylation sites is 1. The van der Waals surface area contributed by atoms with Crippen molar-refractivity contribution in [3.05, 3.63) is 41.1 Å². The van der Waals surface area contributed by atoms with Crippen molar-refractivity contribution in [3.8, 4) is 0 Å². The molecule has 2 aliphatic rings. The second-order valence-corrected chi connectivity index (χ2v) is 6.56. The van der Waals surface area contributed by atoms with Crippen molar-refractivity contribution in [1.82, 2.24) is 14.7 Å². The molecule has 0 radical (unpaired) electrons. The third-order valence-corrected chi connectivity index (χ3v) is 5.10. The van der Waals surface area contributed by atoms with Crippen molar-refractivity contribution in [2.45, 2.75) is 25.3 Å². The van der Waals surface area contributed by atoms with E-state index in [1.54, 1.807) is 4.90 Å². The third-order valence-electron chi connectivity index (χ3n) is 5.10. The van der Waals surface area contributed by atoms with Gasteiger partial charge in [0, 0.05) is 24.3 Å². The summed E-state index contributed by atoms with van der Waals surface area (Å²) < 4.78 is 6.09. The van der Waals surface area contributed by atoms with Crippen LogP contribution in [0.3, 0.4) is 0 Å². The molecule has 1 aromatic carbocycles. The summed E-state index contributed by atoms with van der Waals surface area (Å²) in [7, 11) is 1.35. The van der Waals surface area contributed by atoms with E-state index in [1.807, 2.05) is 24.3 Å². The molecule has 0 aliphatic carbocycles. The minimum absolute atomic E-state index is 0.129. The van der Waals surface area contributed by atoms with E-state index in [4.69, 9.17) is 10.5 Å². The van der Waals surface area contributed by atoms with Crippen LogP contribution in [0.4, 0.5) is 16.3 Å². The lowest BCUT2D eigenvalue weighted by atomic mass is 9.90. The van der Waals surface area contributed by atoms with Crippen molar-refractivity contribution in [2.75, 3.05) is 31.2 Å². The molecule has 1 aromatic heterocycles. The Bertz CT molecular complexity index is 876. The smallest absolute Gasteiger partial charge is 0.409 e. The molecule has 2 aromatic rings. The van der Waals surface area contributed by atoms with Gasteiger partial charge in [0.2, 0.25) is 0 Å². The summed E-state index contributed by atoms with van der Waals surface area (Å²) in [5.74, 6) is -0.0335. The maximum atomic E-state index is 13.2. The minimum atomic E-state index is -0.401. The summed E-state index contributed by atoms with van der Waals surface area (Å²) in [6.45, 7) is 1.53. The van der Waals surface area contributed by atoms with Gasteiger partial charge in [-0.15, -0.1) is 0 Å². The molecule has 0 saturated heterocycles. The van der Waals surface area contributed by atoms with Crippen LogP contribution in [0, 0.1) is 0 Å². The van der Waals surface area contributed by atoms with Gasteiger partial charge >= 0.3 is 6.09 Å². The number of nitrogens with zero attached hydrogens (tertiary/aromatic N) is 3. The molecule has 3 N–H and O–H groups in total. The van der Waals surface area contributed by atoms with Crippen LogP contribution in [-0.2, 0) is 17.7 Å². The Kier molecular flexibility index (Phi) is 4.02. The Morgan fingerprint density at radius 1 is 1.35 bits per heavy atom. The Morgan fingerprint density at radius 3 is 2.96 bits per heavy atom. The number of fused-ring (bicyclic) bond motifs is 2. The fourth-order valence-electron chi connectivity index (χ4n) is 3.74. The number of ether oxygens (including phenoxy) is 1. The lowest BCUT2D eigenvalue weighted by Gasteiger charge is -2.25. The van der Waals surface area contributed by atoms with E-state index in [9.17, 15) is 9.59 Å². The Morgan fingerprint density at radius 2 is 2.15 bits per heavy atom. The molecule has 0 bridgehead atoms. The first kappa shape index (κ1) is 16.4. The summed E-state index contributed by atoms with van der Waals surface area (Å²) >= 11 is 0. The highest BCUT2D eigenvalue weighted by molar-refractivity contribution is 5.90. The van der Waals surface area contributed by atoms with Gasteiger partial charge in [-0.25, -0.2) is 4.79 Å². The number of benzene rings is 1. The number of rotatable bonds is 1.